The summed E-state index contributed by atoms with van der Waals surface area (Å²) in [7, 11) is 2.64. The smallest absolute Gasteiger partial charge is 0.307 e. The first-order valence-corrected chi connectivity index (χ1v) is 7.88. The summed E-state index contributed by atoms with van der Waals surface area (Å²) in [5, 5.41) is 0. The second-order valence-corrected chi connectivity index (χ2v) is 5.09. The van der Waals surface area contributed by atoms with Gasteiger partial charge in [0.05, 0.1) is 14.2 Å². The van der Waals surface area contributed by atoms with Gasteiger partial charge in [-0.3, -0.25) is 19.2 Å². The second kappa shape index (κ2) is 14.6. The lowest BCUT2D eigenvalue weighted by atomic mass is 10.1. The van der Waals surface area contributed by atoms with Gasteiger partial charge < -0.3 is 18.9 Å². The molecule has 0 aliphatic heterocycles. The van der Waals surface area contributed by atoms with Crippen molar-refractivity contribution < 1.29 is 38.1 Å². The summed E-state index contributed by atoms with van der Waals surface area (Å²) in [5.74, 6) is -1.16. The maximum absolute atomic E-state index is 11.5. The number of Topliss-reactive ketones (excluding diaryl/α,β-unsaturated/α-hetero) is 1. The van der Waals surface area contributed by atoms with Crippen molar-refractivity contribution in [1.29, 1.82) is 0 Å². The molecule has 0 bridgehead atoms. The summed E-state index contributed by atoms with van der Waals surface area (Å²) in [6.07, 6.45) is 3.28. The van der Waals surface area contributed by atoms with Crippen LogP contribution in [0.4, 0.5) is 0 Å². The molecule has 0 saturated carbocycles. The van der Waals surface area contributed by atoms with E-state index in [1.807, 2.05) is 0 Å². The van der Waals surface area contributed by atoms with Crippen LogP contribution in [0.3, 0.4) is 0 Å². The van der Waals surface area contributed by atoms with Gasteiger partial charge in [0.25, 0.3) is 0 Å². The first kappa shape index (κ1) is 22.0. The van der Waals surface area contributed by atoms with E-state index in [-0.39, 0.29) is 50.4 Å². The van der Waals surface area contributed by atoms with Gasteiger partial charge in [-0.25, -0.2) is 0 Å². The van der Waals surface area contributed by atoms with E-state index in [1.54, 1.807) is 0 Å². The highest BCUT2D eigenvalue weighted by Crippen LogP contribution is 2.04. The van der Waals surface area contributed by atoms with Crippen molar-refractivity contribution in [1.82, 2.24) is 0 Å². The first-order valence-electron chi connectivity index (χ1n) is 7.88. The number of esters is 3. The van der Waals surface area contributed by atoms with Gasteiger partial charge in [0.15, 0.2) is 12.6 Å². The van der Waals surface area contributed by atoms with E-state index in [1.165, 1.54) is 14.2 Å². The average molecular weight is 346 g/mol. The van der Waals surface area contributed by atoms with Crippen LogP contribution in [0.15, 0.2) is 0 Å². The van der Waals surface area contributed by atoms with Crippen LogP contribution < -0.4 is 0 Å². The molecule has 0 atom stereocenters. The van der Waals surface area contributed by atoms with Crippen LogP contribution in [0.25, 0.3) is 0 Å². The zero-order valence-corrected chi connectivity index (χ0v) is 14.3. The van der Waals surface area contributed by atoms with Gasteiger partial charge in [0.2, 0.25) is 0 Å². The maximum Gasteiger partial charge on any atom is 0.307 e. The molecule has 138 valence electrons. The molecule has 0 aliphatic rings. The molecule has 24 heavy (non-hydrogen) atoms. The monoisotopic (exact) mass is 346 g/mol. The average Bonchev–Trinajstić information content (AvgIpc) is 2.58. The minimum atomic E-state index is -0.439. The first-order chi connectivity index (χ1) is 11.5. The number of carbonyl (C=O) groups excluding carboxylic acids is 4. The molecule has 8 heteroatoms. The van der Waals surface area contributed by atoms with Gasteiger partial charge >= 0.3 is 17.9 Å². The summed E-state index contributed by atoms with van der Waals surface area (Å²) in [4.78, 5) is 44.6. The van der Waals surface area contributed by atoms with Gasteiger partial charge in [-0.05, 0) is 25.7 Å². The SMILES string of the molecule is COC(=O)CCCCC(=O)COCOC(=O)CCCCC(=O)OC. The maximum atomic E-state index is 11.5. The van der Waals surface area contributed by atoms with Crippen LogP contribution in [-0.4, -0.2) is 51.3 Å². The molecule has 0 heterocycles. The lowest BCUT2D eigenvalue weighted by molar-refractivity contribution is -0.158. The van der Waals surface area contributed by atoms with Crippen LogP contribution in [-0.2, 0) is 38.1 Å². The van der Waals surface area contributed by atoms with E-state index in [0.717, 1.165) is 0 Å². The van der Waals surface area contributed by atoms with Gasteiger partial charge in [-0.1, -0.05) is 0 Å². The molecule has 0 amide bonds. The van der Waals surface area contributed by atoms with Crippen molar-refractivity contribution in [2.75, 3.05) is 27.6 Å². The third-order valence-electron chi connectivity index (χ3n) is 3.12. The Bertz CT molecular complexity index is 367. The molecule has 0 aliphatic carbocycles. The highest BCUT2D eigenvalue weighted by atomic mass is 16.7. The summed E-state index contributed by atoms with van der Waals surface area (Å²) >= 11 is 0. The van der Waals surface area contributed by atoms with E-state index in [2.05, 4.69) is 9.47 Å². The number of ether oxygens (including phenoxy) is 4. The quantitative estimate of drug-likeness (QED) is 0.202. The molecule has 0 aromatic rings. The number of unbranched alkanes of at least 4 members (excludes halogenated alkanes) is 2. The predicted octanol–water partition coefficient (Wildman–Crippen LogP) is 1.54. The molecule has 0 unspecified atom stereocenters. The number of carbonyl (C=O) groups is 4. The summed E-state index contributed by atoms with van der Waals surface area (Å²) in [5.41, 5.74) is 0. The van der Waals surface area contributed by atoms with Crippen molar-refractivity contribution in [2.45, 2.75) is 51.4 Å². The fourth-order valence-electron chi connectivity index (χ4n) is 1.74. The Morgan fingerprint density at radius 2 is 1.12 bits per heavy atom. The lowest BCUT2D eigenvalue weighted by Gasteiger charge is -2.06. The van der Waals surface area contributed by atoms with Crippen LogP contribution >= 0.6 is 0 Å². The molecular weight excluding hydrogens is 320 g/mol. The van der Waals surface area contributed by atoms with Gasteiger partial charge in [-0.2, -0.15) is 0 Å². The Morgan fingerprint density at radius 1 is 0.667 bits per heavy atom. The molecule has 0 N–H and O–H groups in total. The Balaban J connectivity index is 3.47. The third-order valence-corrected chi connectivity index (χ3v) is 3.12. The molecule has 0 saturated heterocycles. The molecule has 0 radical (unpaired) electrons. The fraction of sp³-hybridized carbons (Fsp3) is 0.750. The molecular formula is C16H26O8. The van der Waals surface area contributed by atoms with Crippen molar-refractivity contribution in [2.24, 2.45) is 0 Å². The van der Waals surface area contributed by atoms with Crippen molar-refractivity contribution >= 4 is 23.7 Å². The minimum absolute atomic E-state index is 0.117. The van der Waals surface area contributed by atoms with Crippen molar-refractivity contribution in [3.8, 4) is 0 Å². The van der Waals surface area contributed by atoms with Gasteiger partial charge in [0, 0.05) is 25.7 Å². The number of hydrogen-bond donors (Lipinski definition) is 0. The largest absolute Gasteiger partial charge is 0.469 e. The van der Waals surface area contributed by atoms with Crippen LogP contribution in [0.1, 0.15) is 51.4 Å². The van der Waals surface area contributed by atoms with Crippen LogP contribution in [0.2, 0.25) is 0 Å². The summed E-state index contributed by atoms with van der Waals surface area (Å²) < 4.78 is 18.7. The fourth-order valence-corrected chi connectivity index (χ4v) is 1.74. The lowest BCUT2D eigenvalue weighted by Crippen LogP contribution is -2.14. The Morgan fingerprint density at radius 3 is 1.62 bits per heavy atom. The van der Waals surface area contributed by atoms with E-state index in [4.69, 9.17) is 9.47 Å². The normalized spacial score (nSPS) is 10.1. The van der Waals surface area contributed by atoms with Gasteiger partial charge in [0.1, 0.15) is 6.61 Å². The molecule has 0 aromatic heterocycles. The zero-order valence-electron chi connectivity index (χ0n) is 14.3. The van der Waals surface area contributed by atoms with E-state index < -0.39 is 5.97 Å². The van der Waals surface area contributed by atoms with E-state index in [0.29, 0.717) is 32.1 Å². The number of rotatable bonds is 14. The molecule has 8 nitrogen and oxygen atoms in total. The standard InChI is InChI=1S/C16H26O8/c1-21-14(18)8-4-3-7-13(17)11-23-12-24-16(20)10-6-5-9-15(19)22-2/h3-12H2,1-2H3. The minimum Gasteiger partial charge on any atom is -0.469 e. The van der Waals surface area contributed by atoms with Crippen LogP contribution in [0, 0.1) is 0 Å². The molecule has 0 aromatic carbocycles. The second-order valence-electron chi connectivity index (χ2n) is 5.09. The topological polar surface area (TPSA) is 105 Å². The predicted molar refractivity (Wildman–Crippen MR) is 82.9 cm³/mol. The highest BCUT2D eigenvalue weighted by Gasteiger charge is 2.07. The Labute approximate surface area is 141 Å². The number of methoxy groups -OCH3 is 2. The van der Waals surface area contributed by atoms with Crippen molar-refractivity contribution in [3.05, 3.63) is 0 Å². The molecule has 0 rings (SSSR count). The van der Waals surface area contributed by atoms with Crippen molar-refractivity contribution in [3.63, 3.8) is 0 Å². The van der Waals surface area contributed by atoms with Gasteiger partial charge in [-0.15, -0.1) is 0 Å². The summed E-state index contributed by atoms with van der Waals surface area (Å²) in [6.45, 7) is -0.405. The third kappa shape index (κ3) is 13.7. The highest BCUT2D eigenvalue weighted by molar-refractivity contribution is 5.79. The molecule has 0 fully saturated rings. The Kier molecular flexibility index (Phi) is 13.4. The van der Waals surface area contributed by atoms with E-state index in [9.17, 15) is 19.2 Å². The Hall–Kier alpha value is -1.96. The zero-order chi connectivity index (χ0) is 18.2. The van der Waals surface area contributed by atoms with E-state index >= 15 is 0 Å². The van der Waals surface area contributed by atoms with Crippen LogP contribution in [0.5, 0.6) is 0 Å². The number of hydrogen-bond acceptors (Lipinski definition) is 8. The molecule has 0 spiro atoms. The summed E-state index contributed by atoms with van der Waals surface area (Å²) in [6, 6.07) is 0. The number of ketones is 1.